The molecule has 0 bridgehead atoms. The van der Waals surface area contributed by atoms with Crippen molar-refractivity contribution in [3.05, 3.63) is 42.7 Å². The van der Waals surface area contributed by atoms with Gasteiger partial charge in [-0.2, -0.15) is 0 Å². The Labute approximate surface area is 86.0 Å². The van der Waals surface area contributed by atoms with E-state index < -0.39 is 0 Å². The van der Waals surface area contributed by atoms with E-state index in [1.54, 1.807) is 6.20 Å². The Morgan fingerprint density at radius 1 is 1.13 bits per heavy atom. The van der Waals surface area contributed by atoms with Gasteiger partial charge in [0.15, 0.2) is 0 Å². The van der Waals surface area contributed by atoms with Crippen LogP contribution in [0.5, 0.6) is 0 Å². The predicted octanol–water partition coefficient (Wildman–Crippen LogP) is 1.82. The van der Waals surface area contributed by atoms with Crippen LogP contribution in [0.3, 0.4) is 0 Å². The summed E-state index contributed by atoms with van der Waals surface area (Å²) in [6.07, 6.45) is 4.54. The fourth-order valence-corrected chi connectivity index (χ4v) is 1.60. The third-order valence-electron chi connectivity index (χ3n) is 2.28. The lowest BCUT2D eigenvalue weighted by Crippen LogP contribution is -1.85. The van der Waals surface area contributed by atoms with Crippen molar-refractivity contribution in [3.63, 3.8) is 0 Å². The van der Waals surface area contributed by atoms with Gasteiger partial charge in [-0.25, -0.2) is 0 Å². The summed E-state index contributed by atoms with van der Waals surface area (Å²) in [4.78, 5) is 4.31. The zero-order valence-corrected chi connectivity index (χ0v) is 7.81. The molecule has 15 heavy (non-hydrogen) atoms. The lowest BCUT2D eigenvalue weighted by molar-refractivity contribution is 0.939. The fourth-order valence-electron chi connectivity index (χ4n) is 1.60. The summed E-state index contributed by atoms with van der Waals surface area (Å²) in [6, 6.07) is 10.0. The molecule has 0 spiro atoms. The highest BCUT2D eigenvalue weighted by atomic mass is 15.3. The van der Waals surface area contributed by atoms with E-state index >= 15 is 0 Å². The summed E-state index contributed by atoms with van der Waals surface area (Å²) < 4.78 is 0. The molecule has 2 heterocycles. The van der Waals surface area contributed by atoms with E-state index in [0.717, 1.165) is 16.5 Å². The van der Waals surface area contributed by atoms with E-state index in [-0.39, 0.29) is 0 Å². The number of aromatic amines is 1. The van der Waals surface area contributed by atoms with Crippen LogP contribution in [0.2, 0.25) is 0 Å². The lowest BCUT2D eigenvalue weighted by atomic mass is 10.1. The van der Waals surface area contributed by atoms with Crippen molar-refractivity contribution in [1.82, 2.24) is 20.4 Å². The molecule has 0 unspecified atom stereocenters. The molecule has 3 aromatic rings. The topological polar surface area (TPSA) is 54.5 Å². The van der Waals surface area contributed by atoms with Gasteiger partial charge < -0.3 is 0 Å². The monoisotopic (exact) mass is 195 g/mol. The highest BCUT2D eigenvalue weighted by Gasteiger charge is 2.06. The summed E-state index contributed by atoms with van der Waals surface area (Å²) >= 11 is 0. The second-order valence-electron chi connectivity index (χ2n) is 3.18. The van der Waals surface area contributed by atoms with Gasteiger partial charge in [-0.05, 0) is 11.5 Å². The molecule has 0 aliphatic carbocycles. The van der Waals surface area contributed by atoms with Crippen LogP contribution in [0.25, 0.3) is 22.2 Å². The molecular weight excluding hydrogens is 188 g/mol. The first kappa shape index (κ1) is 8.11. The summed E-state index contributed by atoms with van der Waals surface area (Å²) in [6.45, 7) is 0. The van der Waals surface area contributed by atoms with Crippen LogP contribution in [-0.4, -0.2) is 20.4 Å². The average Bonchev–Trinajstić information content (AvgIpc) is 2.82. The molecule has 71 valence electrons. The summed E-state index contributed by atoms with van der Waals surface area (Å²) in [5.74, 6) is 0. The molecule has 0 atom stereocenters. The molecule has 0 saturated heterocycles. The molecule has 3 rings (SSSR count). The molecule has 4 heteroatoms. The minimum absolute atomic E-state index is 0.715. The van der Waals surface area contributed by atoms with Gasteiger partial charge in [-0.15, -0.1) is 5.10 Å². The molecule has 1 aromatic carbocycles. The first-order valence-corrected chi connectivity index (χ1v) is 4.58. The van der Waals surface area contributed by atoms with E-state index in [1.165, 1.54) is 0 Å². The number of pyridine rings is 1. The fraction of sp³-hybridized carbons (Fsp3) is 0. The highest BCUT2D eigenvalue weighted by Crippen LogP contribution is 2.23. The SMILES string of the molecule is [c]1nn[nH]c1-c1nccc2ccccc12. The van der Waals surface area contributed by atoms with Crippen LogP contribution in [-0.2, 0) is 0 Å². The van der Waals surface area contributed by atoms with E-state index in [0.29, 0.717) is 5.69 Å². The maximum absolute atomic E-state index is 4.31. The summed E-state index contributed by atoms with van der Waals surface area (Å²) in [5.41, 5.74) is 1.55. The Hall–Kier alpha value is -2.23. The van der Waals surface area contributed by atoms with Crippen LogP contribution < -0.4 is 0 Å². The number of rotatable bonds is 1. The molecule has 0 aliphatic rings. The Kier molecular flexibility index (Phi) is 1.71. The highest BCUT2D eigenvalue weighted by molar-refractivity contribution is 5.93. The van der Waals surface area contributed by atoms with Gasteiger partial charge in [0.1, 0.15) is 11.9 Å². The predicted molar refractivity (Wildman–Crippen MR) is 56.0 cm³/mol. The van der Waals surface area contributed by atoms with E-state index in [1.807, 2.05) is 30.3 Å². The number of fused-ring (bicyclic) bond motifs is 1. The van der Waals surface area contributed by atoms with Crippen molar-refractivity contribution in [2.75, 3.05) is 0 Å². The molecule has 0 aliphatic heterocycles. The Balaban J connectivity index is 2.36. The minimum atomic E-state index is 0.715. The number of benzene rings is 1. The van der Waals surface area contributed by atoms with Crippen molar-refractivity contribution in [3.8, 4) is 11.4 Å². The number of nitrogens with zero attached hydrogens (tertiary/aromatic N) is 3. The van der Waals surface area contributed by atoms with E-state index in [2.05, 4.69) is 26.6 Å². The molecule has 0 fully saturated rings. The van der Waals surface area contributed by atoms with Gasteiger partial charge in [0.05, 0.1) is 5.69 Å². The lowest BCUT2D eigenvalue weighted by Gasteiger charge is -2.01. The van der Waals surface area contributed by atoms with Crippen LogP contribution in [0, 0.1) is 6.20 Å². The second kappa shape index (κ2) is 3.16. The largest absolute Gasteiger partial charge is 0.255 e. The van der Waals surface area contributed by atoms with Gasteiger partial charge in [0, 0.05) is 11.6 Å². The first-order chi connectivity index (χ1) is 7.45. The number of hydrogen-bond donors (Lipinski definition) is 1. The van der Waals surface area contributed by atoms with Crippen LogP contribution in [0.1, 0.15) is 0 Å². The number of H-pyrrole nitrogens is 1. The van der Waals surface area contributed by atoms with Gasteiger partial charge in [0.2, 0.25) is 0 Å². The molecule has 4 nitrogen and oxygen atoms in total. The molecule has 0 amide bonds. The average molecular weight is 195 g/mol. The van der Waals surface area contributed by atoms with Crippen LogP contribution in [0.4, 0.5) is 0 Å². The summed E-state index contributed by atoms with van der Waals surface area (Å²) in [7, 11) is 0. The first-order valence-electron chi connectivity index (χ1n) is 4.58. The quantitative estimate of drug-likeness (QED) is 0.644. The van der Waals surface area contributed by atoms with Crippen molar-refractivity contribution in [2.45, 2.75) is 0 Å². The van der Waals surface area contributed by atoms with Crippen LogP contribution >= 0.6 is 0 Å². The van der Waals surface area contributed by atoms with Crippen molar-refractivity contribution in [2.24, 2.45) is 0 Å². The molecule has 1 radical (unpaired) electrons. The van der Waals surface area contributed by atoms with Gasteiger partial charge in [-0.1, -0.05) is 29.5 Å². The number of nitrogens with one attached hydrogen (secondary N) is 1. The maximum Gasteiger partial charge on any atom is 0.145 e. The van der Waals surface area contributed by atoms with Crippen molar-refractivity contribution in [1.29, 1.82) is 0 Å². The van der Waals surface area contributed by atoms with Crippen molar-refractivity contribution >= 4 is 10.8 Å². The Morgan fingerprint density at radius 2 is 2.07 bits per heavy atom. The summed E-state index contributed by atoms with van der Waals surface area (Å²) in [5, 5.41) is 12.3. The van der Waals surface area contributed by atoms with Crippen molar-refractivity contribution < 1.29 is 0 Å². The number of aromatic nitrogens is 4. The standard InChI is InChI=1S/C11H7N4/c1-2-4-9-8(3-1)5-6-12-11(9)10-7-13-15-14-10/h1-6H,(H,13,14,15). The van der Waals surface area contributed by atoms with E-state index in [4.69, 9.17) is 0 Å². The van der Waals surface area contributed by atoms with Crippen LogP contribution in [0.15, 0.2) is 36.5 Å². The maximum atomic E-state index is 4.31. The second-order valence-corrected chi connectivity index (χ2v) is 3.18. The Morgan fingerprint density at radius 3 is 2.93 bits per heavy atom. The zero-order valence-electron chi connectivity index (χ0n) is 7.81. The molecular formula is C11H7N4. The zero-order chi connectivity index (χ0) is 10.1. The molecule has 0 saturated carbocycles. The van der Waals surface area contributed by atoms with Gasteiger partial charge in [0.25, 0.3) is 0 Å². The number of hydrogen-bond acceptors (Lipinski definition) is 3. The third-order valence-corrected chi connectivity index (χ3v) is 2.28. The smallest absolute Gasteiger partial charge is 0.145 e. The third kappa shape index (κ3) is 1.27. The van der Waals surface area contributed by atoms with E-state index in [9.17, 15) is 0 Å². The van der Waals surface area contributed by atoms with Gasteiger partial charge in [-0.3, -0.25) is 10.1 Å². The normalized spacial score (nSPS) is 10.7. The minimum Gasteiger partial charge on any atom is -0.255 e. The van der Waals surface area contributed by atoms with Gasteiger partial charge >= 0.3 is 0 Å². The molecule has 1 N–H and O–H groups in total. The Bertz CT molecular complexity index is 581. The molecule has 2 aromatic heterocycles.